The molecule has 0 aliphatic rings. The molecule has 0 fully saturated rings. The first kappa shape index (κ1) is 14.8. The first-order valence-electron chi connectivity index (χ1n) is 6.76. The topological polar surface area (TPSA) is 24.5 Å². The number of nitrogens with zero attached hydrogens (tertiary/aromatic N) is 1. The van der Waals surface area contributed by atoms with E-state index in [-0.39, 0.29) is 0 Å². The van der Waals surface area contributed by atoms with E-state index in [9.17, 15) is 0 Å². The van der Waals surface area contributed by atoms with Gasteiger partial charge in [-0.3, -0.25) is 0 Å². The van der Waals surface area contributed by atoms with Crippen LogP contribution >= 0.6 is 0 Å². The summed E-state index contributed by atoms with van der Waals surface area (Å²) in [4.78, 5) is 2.28. The summed E-state index contributed by atoms with van der Waals surface area (Å²) in [6, 6.07) is 8.78. The van der Waals surface area contributed by atoms with Gasteiger partial charge in [0, 0.05) is 25.3 Å². The Balaban J connectivity index is 2.37. The van der Waals surface area contributed by atoms with Crippen LogP contribution in [0.25, 0.3) is 0 Å². The van der Waals surface area contributed by atoms with Crippen molar-refractivity contribution in [2.45, 2.75) is 32.7 Å². The van der Waals surface area contributed by atoms with Crippen molar-refractivity contribution in [2.24, 2.45) is 0 Å². The molecule has 0 heterocycles. The van der Waals surface area contributed by atoms with Crippen molar-refractivity contribution in [3.8, 4) is 5.75 Å². The van der Waals surface area contributed by atoms with Crippen molar-refractivity contribution in [3.63, 3.8) is 0 Å². The molecule has 0 radical (unpaired) electrons. The van der Waals surface area contributed by atoms with E-state index in [1.54, 1.807) is 7.11 Å². The second-order valence-electron chi connectivity index (χ2n) is 4.76. The van der Waals surface area contributed by atoms with Gasteiger partial charge in [-0.05, 0) is 50.6 Å². The first-order valence-corrected chi connectivity index (χ1v) is 6.76. The van der Waals surface area contributed by atoms with Crippen molar-refractivity contribution < 1.29 is 4.74 Å². The molecule has 1 atom stereocenters. The van der Waals surface area contributed by atoms with Crippen LogP contribution in [-0.2, 0) is 0 Å². The number of nitrogens with one attached hydrogen (secondary N) is 1. The van der Waals surface area contributed by atoms with E-state index >= 15 is 0 Å². The highest BCUT2D eigenvalue weighted by Gasteiger charge is 2.04. The molecule has 3 nitrogen and oxygen atoms in total. The summed E-state index contributed by atoms with van der Waals surface area (Å²) in [7, 11) is 3.83. The van der Waals surface area contributed by atoms with Crippen LogP contribution in [0.5, 0.6) is 5.75 Å². The van der Waals surface area contributed by atoms with Gasteiger partial charge >= 0.3 is 0 Å². The first-order chi connectivity index (χ1) is 8.67. The lowest BCUT2D eigenvalue weighted by molar-refractivity contribution is 0.415. The summed E-state index contributed by atoms with van der Waals surface area (Å²) in [6.45, 7) is 6.61. The smallest absolute Gasteiger partial charge is 0.119 e. The third-order valence-electron chi connectivity index (χ3n) is 3.15. The SMILES string of the molecule is CCCNC(C)CCN(C)c1ccc(OC)cc1. The number of hydrogen-bond donors (Lipinski definition) is 1. The average molecular weight is 250 g/mol. The lowest BCUT2D eigenvalue weighted by atomic mass is 10.2. The summed E-state index contributed by atoms with van der Waals surface area (Å²) < 4.78 is 5.16. The molecule has 102 valence electrons. The van der Waals surface area contributed by atoms with Crippen molar-refractivity contribution >= 4 is 5.69 Å². The van der Waals surface area contributed by atoms with Crippen LogP contribution < -0.4 is 15.0 Å². The Kier molecular flexibility index (Phi) is 6.58. The molecule has 3 heteroatoms. The fourth-order valence-electron chi connectivity index (χ4n) is 1.85. The zero-order valence-electron chi connectivity index (χ0n) is 12.1. The summed E-state index contributed by atoms with van der Waals surface area (Å²) in [5, 5.41) is 3.51. The molecule has 0 bridgehead atoms. The molecule has 0 aliphatic carbocycles. The molecule has 0 saturated carbocycles. The fraction of sp³-hybridized carbons (Fsp3) is 0.600. The summed E-state index contributed by atoms with van der Waals surface area (Å²) in [6.07, 6.45) is 2.35. The maximum absolute atomic E-state index is 5.16. The lowest BCUT2D eigenvalue weighted by Crippen LogP contribution is -2.31. The van der Waals surface area contributed by atoms with Gasteiger partial charge in [-0.1, -0.05) is 6.92 Å². The lowest BCUT2D eigenvalue weighted by Gasteiger charge is -2.22. The van der Waals surface area contributed by atoms with Gasteiger partial charge in [-0.25, -0.2) is 0 Å². The number of ether oxygens (including phenoxy) is 1. The Morgan fingerprint density at radius 3 is 2.50 bits per heavy atom. The number of rotatable bonds is 8. The number of hydrogen-bond acceptors (Lipinski definition) is 3. The Morgan fingerprint density at radius 1 is 1.28 bits per heavy atom. The highest BCUT2D eigenvalue weighted by molar-refractivity contribution is 5.48. The predicted octanol–water partition coefficient (Wildman–Crippen LogP) is 2.91. The average Bonchev–Trinajstić information content (AvgIpc) is 2.42. The van der Waals surface area contributed by atoms with Gasteiger partial charge in [0.2, 0.25) is 0 Å². The van der Waals surface area contributed by atoms with Gasteiger partial charge in [0.15, 0.2) is 0 Å². The minimum Gasteiger partial charge on any atom is -0.497 e. The van der Waals surface area contributed by atoms with Crippen molar-refractivity contribution in [3.05, 3.63) is 24.3 Å². The minimum absolute atomic E-state index is 0.575. The minimum atomic E-state index is 0.575. The molecular weight excluding hydrogens is 224 g/mol. The maximum Gasteiger partial charge on any atom is 0.119 e. The normalized spacial score (nSPS) is 12.2. The quantitative estimate of drug-likeness (QED) is 0.768. The molecule has 0 spiro atoms. The van der Waals surface area contributed by atoms with Crippen LogP contribution in [0.4, 0.5) is 5.69 Å². The molecule has 0 saturated heterocycles. The van der Waals surface area contributed by atoms with Gasteiger partial charge in [-0.2, -0.15) is 0 Å². The highest BCUT2D eigenvalue weighted by Crippen LogP contribution is 2.18. The molecule has 0 aliphatic heterocycles. The van der Waals surface area contributed by atoms with Gasteiger partial charge in [0.1, 0.15) is 5.75 Å². The van der Waals surface area contributed by atoms with Crippen LogP contribution in [0, 0.1) is 0 Å². The molecule has 18 heavy (non-hydrogen) atoms. The number of methoxy groups -OCH3 is 1. The van der Waals surface area contributed by atoms with E-state index < -0.39 is 0 Å². The van der Waals surface area contributed by atoms with Crippen LogP contribution in [0.2, 0.25) is 0 Å². The standard InChI is InChI=1S/C15H26N2O/c1-5-11-16-13(2)10-12-17(3)14-6-8-15(18-4)9-7-14/h6-9,13,16H,5,10-12H2,1-4H3. The summed E-state index contributed by atoms with van der Waals surface area (Å²) in [5.41, 5.74) is 1.23. The zero-order valence-corrected chi connectivity index (χ0v) is 12.1. The van der Waals surface area contributed by atoms with E-state index in [0.717, 1.165) is 25.3 Å². The highest BCUT2D eigenvalue weighted by atomic mass is 16.5. The fourth-order valence-corrected chi connectivity index (χ4v) is 1.85. The van der Waals surface area contributed by atoms with E-state index in [1.807, 2.05) is 12.1 Å². The van der Waals surface area contributed by atoms with E-state index in [0.29, 0.717) is 6.04 Å². The van der Waals surface area contributed by atoms with Crippen molar-refractivity contribution in [1.29, 1.82) is 0 Å². The van der Waals surface area contributed by atoms with Gasteiger partial charge < -0.3 is 15.0 Å². The Morgan fingerprint density at radius 2 is 1.94 bits per heavy atom. The van der Waals surface area contributed by atoms with E-state index in [4.69, 9.17) is 4.74 Å². The molecular formula is C15H26N2O. The zero-order chi connectivity index (χ0) is 13.4. The largest absolute Gasteiger partial charge is 0.497 e. The van der Waals surface area contributed by atoms with E-state index in [2.05, 4.69) is 43.2 Å². The number of anilines is 1. The molecule has 1 aromatic rings. The summed E-state index contributed by atoms with van der Waals surface area (Å²) in [5.74, 6) is 0.908. The van der Waals surface area contributed by atoms with Crippen LogP contribution in [-0.4, -0.2) is 33.3 Å². The summed E-state index contributed by atoms with van der Waals surface area (Å²) >= 11 is 0. The molecule has 1 rings (SSSR count). The van der Waals surface area contributed by atoms with E-state index in [1.165, 1.54) is 12.1 Å². The van der Waals surface area contributed by atoms with Crippen LogP contribution in [0.1, 0.15) is 26.7 Å². The maximum atomic E-state index is 5.16. The second kappa shape index (κ2) is 7.98. The Hall–Kier alpha value is -1.22. The van der Waals surface area contributed by atoms with Crippen LogP contribution in [0.3, 0.4) is 0 Å². The van der Waals surface area contributed by atoms with Gasteiger partial charge in [0.25, 0.3) is 0 Å². The van der Waals surface area contributed by atoms with Crippen molar-refractivity contribution in [2.75, 3.05) is 32.1 Å². The molecule has 1 N–H and O–H groups in total. The second-order valence-corrected chi connectivity index (χ2v) is 4.76. The van der Waals surface area contributed by atoms with Gasteiger partial charge in [-0.15, -0.1) is 0 Å². The molecule has 1 unspecified atom stereocenters. The number of benzene rings is 1. The predicted molar refractivity (Wildman–Crippen MR) is 78.6 cm³/mol. The molecule has 1 aromatic carbocycles. The molecule has 0 aromatic heterocycles. The monoisotopic (exact) mass is 250 g/mol. The van der Waals surface area contributed by atoms with Gasteiger partial charge in [0.05, 0.1) is 7.11 Å². The Bertz CT molecular complexity index is 324. The molecule has 0 amide bonds. The van der Waals surface area contributed by atoms with Crippen LogP contribution in [0.15, 0.2) is 24.3 Å². The Labute approximate surface area is 111 Å². The third kappa shape index (κ3) is 4.96. The third-order valence-corrected chi connectivity index (χ3v) is 3.15. The van der Waals surface area contributed by atoms with Crippen molar-refractivity contribution in [1.82, 2.24) is 5.32 Å².